The Bertz CT molecular complexity index is 669. The zero-order chi connectivity index (χ0) is 14.2. The molecule has 1 unspecified atom stereocenters. The number of hydrogen-bond acceptors (Lipinski definition) is 4. The smallest absolute Gasteiger partial charge is 0.329 e. The molecule has 0 bridgehead atoms. The topological polar surface area (TPSA) is 90.1 Å². The number of nitrogens with two attached hydrogens (primary N) is 1. The number of hydrogen-bond donors (Lipinski definition) is 2. The van der Waals surface area contributed by atoms with Gasteiger partial charge in [-0.25, -0.2) is 9.59 Å². The largest absolute Gasteiger partial charge is 0.467 e. The zero-order valence-corrected chi connectivity index (χ0v) is 11.1. The van der Waals surface area contributed by atoms with E-state index >= 15 is 0 Å². The van der Waals surface area contributed by atoms with Gasteiger partial charge < -0.3 is 15.5 Å². The van der Waals surface area contributed by atoms with Crippen LogP contribution < -0.4 is 11.4 Å². The summed E-state index contributed by atoms with van der Waals surface area (Å²) in [7, 11) is 1.32. The molecule has 0 fully saturated rings. The highest BCUT2D eigenvalue weighted by Crippen LogP contribution is 2.23. The van der Waals surface area contributed by atoms with Crippen LogP contribution in [0, 0.1) is 5.92 Å². The molecule has 3 N–H and O–H groups in total. The molecule has 0 spiro atoms. The Morgan fingerprint density at radius 2 is 2.11 bits per heavy atom. The summed E-state index contributed by atoms with van der Waals surface area (Å²) in [6.07, 6.45) is 0. The number of benzene rings is 1. The molecule has 0 aliphatic rings. The summed E-state index contributed by atoms with van der Waals surface area (Å²) in [5, 5.41) is 0. The van der Waals surface area contributed by atoms with E-state index in [1.807, 2.05) is 13.8 Å². The van der Waals surface area contributed by atoms with Crippen LogP contribution in [0.2, 0.25) is 0 Å². The molecule has 1 atom stereocenters. The van der Waals surface area contributed by atoms with Crippen molar-refractivity contribution in [2.75, 3.05) is 12.8 Å². The van der Waals surface area contributed by atoms with Gasteiger partial charge in [0, 0.05) is 5.69 Å². The minimum Gasteiger partial charge on any atom is -0.467 e. The van der Waals surface area contributed by atoms with Crippen LogP contribution >= 0.6 is 0 Å². The van der Waals surface area contributed by atoms with Gasteiger partial charge in [0.15, 0.2) is 0 Å². The summed E-state index contributed by atoms with van der Waals surface area (Å²) in [5.74, 6) is -0.503. The van der Waals surface area contributed by atoms with E-state index in [0.717, 1.165) is 0 Å². The van der Waals surface area contributed by atoms with Crippen LogP contribution in [0.3, 0.4) is 0 Å². The molecule has 0 amide bonds. The molecule has 2 rings (SSSR count). The number of carbonyl (C=O) groups is 1. The highest BCUT2D eigenvalue weighted by molar-refractivity contribution is 5.82. The first-order valence-electron chi connectivity index (χ1n) is 6.03. The van der Waals surface area contributed by atoms with E-state index in [1.54, 1.807) is 18.2 Å². The lowest BCUT2D eigenvalue weighted by Gasteiger charge is -2.19. The molecule has 102 valence electrons. The third kappa shape index (κ3) is 2.21. The molecule has 1 heterocycles. The van der Waals surface area contributed by atoms with Gasteiger partial charge in [-0.2, -0.15) is 0 Å². The van der Waals surface area contributed by atoms with E-state index in [2.05, 4.69) is 4.98 Å². The molecule has 19 heavy (non-hydrogen) atoms. The second-order valence-electron chi connectivity index (χ2n) is 4.79. The predicted molar refractivity (Wildman–Crippen MR) is 72.9 cm³/mol. The number of nitrogens with one attached hydrogen (secondary N) is 1. The number of nitrogen functional groups attached to an aromatic ring is 1. The number of esters is 1. The molecular formula is C13H17N3O3. The molecular weight excluding hydrogens is 246 g/mol. The van der Waals surface area contributed by atoms with Gasteiger partial charge in [-0.1, -0.05) is 13.8 Å². The molecule has 0 saturated carbocycles. The number of rotatable bonds is 3. The minimum atomic E-state index is -0.658. The van der Waals surface area contributed by atoms with Gasteiger partial charge in [0.25, 0.3) is 0 Å². The van der Waals surface area contributed by atoms with Crippen molar-refractivity contribution in [2.24, 2.45) is 5.92 Å². The van der Waals surface area contributed by atoms with Crippen LogP contribution in [-0.4, -0.2) is 22.6 Å². The van der Waals surface area contributed by atoms with Gasteiger partial charge >= 0.3 is 11.7 Å². The number of carbonyl (C=O) groups excluding carboxylic acids is 1. The van der Waals surface area contributed by atoms with Crippen LogP contribution in [0.5, 0.6) is 0 Å². The van der Waals surface area contributed by atoms with Gasteiger partial charge in [-0.05, 0) is 24.1 Å². The predicted octanol–water partition coefficient (Wildman–Crippen LogP) is 1.28. The fourth-order valence-corrected chi connectivity index (χ4v) is 2.22. The summed E-state index contributed by atoms with van der Waals surface area (Å²) in [6.45, 7) is 3.73. The third-order valence-corrected chi connectivity index (χ3v) is 3.09. The van der Waals surface area contributed by atoms with Crippen LogP contribution in [0.25, 0.3) is 11.0 Å². The molecule has 1 aromatic carbocycles. The van der Waals surface area contributed by atoms with Crippen LogP contribution in [0.15, 0.2) is 23.0 Å². The Hall–Kier alpha value is -2.24. The normalized spacial score (nSPS) is 12.8. The fourth-order valence-electron chi connectivity index (χ4n) is 2.22. The van der Waals surface area contributed by atoms with E-state index in [9.17, 15) is 9.59 Å². The number of nitrogens with zero attached hydrogens (tertiary/aromatic N) is 1. The van der Waals surface area contributed by atoms with Crippen LogP contribution in [-0.2, 0) is 9.53 Å². The number of fused-ring (bicyclic) bond motifs is 1. The first kappa shape index (κ1) is 13.2. The maximum Gasteiger partial charge on any atom is 0.329 e. The molecule has 6 nitrogen and oxygen atoms in total. The van der Waals surface area contributed by atoms with E-state index in [1.165, 1.54) is 11.7 Å². The number of ether oxygens (including phenoxy) is 1. The number of anilines is 1. The lowest BCUT2D eigenvalue weighted by atomic mass is 10.0. The lowest BCUT2D eigenvalue weighted by molar-refractivity contribution is -0.146. The van der Waals surface area contributed by atoms with Gasteiger partial charge in [0.1, 0.15) is 6.04 Å². The third-order valence-electron chi connectivity index (χ3n) is 3.09. The second kappa shape index (κ2) is 4.79. The van der Waals surface area contributed by atoms with Gasteiger partial charge in [-0.15, -0.1) is 0 Å². The first-order valence-corrected chi connectivity index (χ1v) is 6.03. The number of aromatic nitrogens is 2. The molecule has 0 aliphatic heterocycles. The molecule has 6 heteroatoms. The summed E-state index contributed by atoms with van der Waals surface area (Å²) < 4.78 is 6.21. The fraction of sp³-hybridized carbons (Fsp3) is 0.385. The van der Waals surface area contributed by atoms with Gasteiger partial charge in [0.05, 0.1) is 18.1 Å². The van der Waals surface area contributed by atoms with Crippen LogP contribution in [0.4, 0.5) is 5.69 Å². The molecule has 2 aromatic rings. The van der Waals surface area contributed by atoms with E-state index in [4.69, 9.17) is 10.5 Å². The highest BCUT2D eigenvalue weighted by Gasteiger charge is 2.28. The van der Waals surface area contributed by atoms with Crippen molar-refractivity contribution in [1.82, 2.24) is 9.55 Å². The maximum absolute atomic E-state index is 12.1. The number of imidazole rings is 1. The minimum absolute atomic E-state index is 0.0679. The van der Waals surface area contributed by atoms with E-state index in [-0.39, 0.29) is 11.6 Å². The Morgan fingerprint density at radius 1 is 1.42 bits per heavy atom. The molecule has 1 aromatic heterocycles. The van der Waals surface area contributed by atoms with Crippen molar-refractivity contribution in [2.45, 2.75) is 19.9 Å². The summed E-state index contributed by atoms with van der Waals surface area (Å²) >= 11 is 0. The summed E-state index contributed by atoms with van der Waals surface area (Å²) in [6, 6.07) is 4.43. The Balaban J connectivity index is 2.69. The Morgan fingerprint density at radius 3 is 2.68 bits per heavy atom. The van der Waals surface area contributed by atoms with E-state index in [0.29, 0.717) is 16.7 Å². The highest BCUT2D eigenvalue weighted by atomic mass is 16.5. The first-order chi connectivity index (χ1) is 8.95. The van der Waals surface area contributed by atoms with Crippen LogP contribution in [0.1, 0.15) is 19.9 Å². The second-order valence-corrected chi connectivity index (χ2v) is 4.79. The standard InChI is InChI=1S/C13H17N3O3/c1-7(2)11(12(17)19-3)16-10-5-4-8(14)6-9(10)15-13(16)18/h4-7,11H,14H2,1-3H3,(H,15,18). The van der Waals surface area contributed by atoms with E-state index < -0.39 is 12.0 Å². The zero-order valence-electron chi connectivity index (χ0n) is 11.1. The number of methoxy groups -OCH3 is 1. The quantitative estimate of drug-likeness (QED) is 0.644. The number of H-pyrrole nitrogens is 1. The molecule has 0 saturated heterocycles. The summed E-state index contributed by atoms with van der Waals surface area (Å²) in [5.41, 5.74) is 7.15. The van der Waals surface area contributed by atoms with Crippen molar-refractivity contribution in [3.63, 3.8) is 0 Å². The number of aromatic amines is 1. The average Bonchev–Trinajstić information content (AvgIpc) is 2.65. The lowest BCUT2D eigenvalue weighted by Crippen LogP contribution is -2.32. The maximum atomic E-state index is 12.1. The molecule has 0 aliphatic carbocycles. The van der Waals surface area contributed by atoms with Crippen molar-refractivity contribution < 1.29 is 9.53 Å². The van der Waals surface area contributed by atoms with Crippen molar-refractivity contribution in [3.8, 4) is 0 Å². The van der Waals surface area contributed by atoms with Crippen molar-refractivity contribution in [3.05, 3.63) is 28.7 Å². The van der Waals surface area contributed by atoms with Crippen molar-refractivity contribution in [1.29, 1.82) is 0 Å². The summed E-state index contributed by atoms with van der Waals surface area (Å²) in [4.78, 5) is 26.7. The van der Waals surface area contributed by atoms with Gasteiger partial charge in [0.2, 0.25) is 0 Å². The van der Waals surface area contributed by atoms with Crippen molar-refractivity contribution >= 4 is 22.7 Å². The monoisotopic (exact) mass is 263 g/mol. The average molecular weight is 263 g/mol. The Kier molecular flexibility index (Phi) is 3.33. The Labute approximate surface area is 110 Å². The SMILES string of the molecule is COC(=O)C(C(C)C)n1c(=O)[nH]c2cc(N)ccc21. The van der Waals surface area contributed by atoms with Gasteiger partial charge in [-0.3, -0.25) is 4.57 Å². The molecule has 0 radical (unpaired) electrons.